The summed E-state index contributed by atoms with van der Waals surface area (Å²) in [6, 6.07) is 6.69. The van der Waals surface area contributed by atoms with Crippen molar-refractivity contribution in [3.05, 3.63) is 28.8 Å². The summed E-state index contributed by atoms with van der Waals surface area (Å²) in [5.41, 5.74) is 2.15. The Kier molecular flexibility index (Phi) is 5.93. The first-order valence-electron chi connectivity index (χ1n) is 6.35. The van der Waals surface area contributed by atoms with Gasteiger partial charge >= 0.3 is 0 Å². The zero-order valence-electron chi connectivity index (χ0n) is 11.6. The number of nitrogens with one attached hydrogen (secondary N) is 1. The average molecular weight is 271 g/mol. The van der Waals surface area contributed by atoms with E-state index in [1.54, 1.807) is 0 Å². The van der Waals surface area contributed by atoms with Gasteiger partial charge in [0.05, 0.1) is 17.3 Å². The van der Waals surface area contributed by atoms with Crippen molar-refractivity contribution in [1.29, 1.82) is 0 Å². The molecule has 1 unspecified atom stereocenters. The van der Waals surface area contributed by atoms with Gasteiger partial charge in [-0.25, -0.2) is 0 Å². The normalized spacial score (nSPS) is 12.8. The van der Waals surface area contributed by atoms with Gasteiger partial charge in [-0.05, 0) is 45.5 Å². The van der Waals surface area contributed by atoms with Gasteiger partial charge in [0.1, 0.15) is 0 Å². The van der Waals surface area contributed by atoms with Crippen LogP contribution in [0.1, 0.15) is 32.4 Å². The van der Waals surface area contributed by atoms with Gasteiger partial charge < -0.3 is 15.3 Å². The van der Waals surface area contributed by atoms with Crippen LogP contribution in [-0.4, -0.2) is 31.3 Å². The lowest BCUT2D eigenvalue weighted by Gasteiger charge is -2.29. The second kappa shape index (κ2) is 6.98. The van der Waals surface area contributed by atoms with Crippen molar-refractivity contribution >= 4 is 17.3 Å². The summed E-state index contributed by atoms with van der Waals surface area (Å²) in [6.45, 7) is 7.01. The summed E-state index contributed by atoms with van der Waals surface area (Å²) in [4.78, 5) is 2.11. The molecule has 2 N–H and O–H groups in total. The molecule has 0 amide bonds. The standard InChI is InChI=1S/C14H23ClN2O/c1-10(2)17(7-8-18)14-6-5-12(9-13(14)15)11(3)16-4/h5-6,9-11,16,18H,7-8H2,1-4H3. The Labute approximate surface area is 115 Å². The predicted molar refractivity (Wildman–Crippen MR) is 78.5 cm³/mol. The quantitative estimate of drug-likeness (QED) is 0.834. The molecule has 0 heterocycles. The highest BCUT2D eigenvalue weighted by Gasteiger charge is 2.14. The molecule has 0 aliphatic carbocycles. The third-order valence-electron chi connectivity index (χ3n) is 3.18. The predicted octanol–water partition coefficient (Wildman–Crippen LogP) is 2.83. The van der Waals surface area contributed by atoms with Gasteiger partial charge in [0.15, 0.2) is 0 Å². The highest BCUT2D eigenvalue weighted by atomic mass is 35.5. The minimum absolute atomic E-state index is 0.128. The van der Waals surface area contributed by atoms with Crippen LogP contribution < -0.4 is 10.2 Å². The van der Waals surface area contributed by atoms with Crippen molar-refractivity contribution < 1.29 is 5.11 Å². The van der Waals surface area contributed by atoms with Gasteiger partial charge in [-0.2, -0.15) is 0 Å². The van der Waals surface area contributed by atoms with E-state index in [2.05, 4.69) is 37.1 Å². The first kappa shape index (κ1) is 15.3. The lowest BCUT2D eigenvalue weighted by molar-refractivity contribution is 0.299. The molecule has 0 bridgehead atoms. The van der Waals surface area contributed by atoms with Crippen molar-refractivity contribution in [2.45, 2.75) is 32.9 Å². The van der Waals surface area contributed by atoms with Crippen LogP contribution in [0, 0.1) is 0 Å². The minimum Gasteiger partial charge on any atom is -0.395 e. The number of rotatable bonds is 6. The molecular weight excluding hydrogens is 248 g/mol. The Bertz CT molecular complexity index is 382. The van der Waals surface area contributed by atoms with E-state index < -0.39 is 0 Å². The first-order chi connectivity index (χ1) is 8.51. The van der Waals surface area contributed by atoms with E-state index in [1.165, 1.54) is 5.56 Å². The largest absolute Gasteiger partial charge is 0.395 e. The number of aliphatic hydroxyl groups is 1. The smallest absolute Gasteiger partial charge is 0.0643 e. The number of hydrogen-bond donors (Lipinski definition) is 2. The molecule has 1 atom stereocenters. The van der Waals surface area contributed by atoms with E-state index in [1.807, 2.05) is 19.2 Å². The maximum absolute atomic E-state index is 9.12. The van der Waals surface area contributed by atoms with E-state index in [0.717, 1.165) is 10.7 Å². The van der Waals surface area contributed by atoms with Crippen LogP contribution in [0.25, 0.3) is 0 Å². The summed E-state index contributed by atoms with van der Waals surface area (Å²) >= 11 is 6.35. The highest BCUT2D eigenvalue weighted by Crippen LogP contribution is 2.30. The van der Waals surface area contributed by atoms with Crippen molar-refractivity contribution in [2.24, 2.45) is 0 Å². The highest BCUT2D eigenvalue weighted by molar-refractivity contribution is 6.33. The second-order valence-corrected chi connectivity index (χ2v) is 5.14. The van der Waals surface area contributed by atoms with Gasteiger partial charge in [0.25, 0.3) is 0 Å². The van der Waals surface area contributed by atoms with Gasteiger partial charge in [-0.15, -0.1) is 0 Å². The molecule has 0 aliphatic rings. The summed E-state index contributed by atoms with van der Waals surface area (Å²) in [5.74, 6) is 0. The molecule has 18 heavy (non-hydrogen) atoms. The first-order valence-corrected chi connectivity index (χ1v) is 6.73. The van der Waals surface area contributed by atoms with Gasteiger partial charge in [-0.3, -0.25) is 0 Å². The summed E-state index contributed by atoms with van der Waals surface area (Å²) in [7, 11) is 1.93. The average Bonchev–Trinajstić information content (AvgIpc) is 2.35. The number of anilines is 1. The van der Waals surface area contributed by atoms with Gasteiger partial charge in [0, 0.05) is 18.6 Å². The maximum Gasteiger partial charge on any atom is 0.0643 e. The molecule has 0 aromatic heterocycles. The minimum atomic E-state index is 0.128. The maximum atomic E-state index is 9.12. The van der Waals surface area contributed by atoms with E-state index in [9.17, 15) is 0 Å². The van der Waals surface area contributed by atoms with E-state index in [0.29, 0.717) is 12.6 Å². The van der Waals surface area contributed by atoms with E-state index in [4.69, 9.17) is 16.7 Å². The molecule has 102 valence electrons. The summed E-state index contributed by atoms with van der Waals surface area (Å²) in [6.07, 6.45) is 0. The molecule has 3 nitrogen and oxygen atoms in total. The molecule has 1 aromatic carbocycles. The molecule has 0 saturated carbocycles. The molecule has 0 spiro atoms. The molecule has 0 aliphatic heterocycles. The Morgan fingerprint density at radius 2 is 2.00 bits per heavy atom. The van der Waals surface area contributed by atoms with Crippen LogP contribution in [0.4, 0.5) is 5.69 Å². The zero-order chi connectivity index (χ0) is 13.7. The Morgan fingerprint density at radius 3 is 2.44 bits per heavy atom. The lowest BCUT2D eigenvalue weighted by atomic mass is 10.1. The molecule has 1 rings (SSSR count). The number of halogens is 1. The Morgan fingerprint density at radius 1 is 1.33 bits per heavy atom. The number of hydrogen-bond acceptors (Lipinski definition) is 3. The van der Waals surface area contributed by atoms with Crippen LogP contribution in [0.2, 0.25) is 5.02 Å². The molecule has 1 aromatic rings. The molecular formula is C14H23ClN2O. The second-order valence-electron chi connectivity index (χ2n) is 4.73. The van der Waals surface area contributed by atoms with Gasteiger partial charge in [0.2, 0.25) is 0 Å². The van der Waals surface area contributed by atoms with E-state index in [-0.39, 0.29) is 12.6 Å². The van der Waals surface area contributed by atoms with Crippen LogP contribution in [0.5, 0.6) is 0 Å². The van der Waals surface area contributed by atoms with Gasteiger partial charge in [-0.1, -0.05) is 17.7 Å². The molecule has 0 fully saturated rings. The number of benzene rings is 1. The van der Waals surface area contributed by atoms with Crippen molar-refractivity contribution in [2.75, 3.05) is 25.1 Å². The number of aliphatic hydroxyl groups excluding tert-OH is 1. The molecule has 0 radical (unpaired) electrons. The van der Waals surface area contributed by atoms with Crippen LogP contribution in [-0.2, 0) is 0 Å². The monoisotopic (exact) mass is 270 g/mol. The van der Waals surface area contributed by atoms with Crippen molar-refractivity contribution in [3.8, 4) is 0 Å². The fraction of sp³-hybridized carbons (Fsp3) is 0.571. The third-order valence-corrected chi connectivity index (χ3v) is 3.48. The lowest BCUT2D eigenvalue weighted by Crippen LogP contribution is -2.33. The van der Waals surface area contributed by atoms with E-state index >= 15 is 0 Å². The molecule has 0 saturated heterocycles. The topological polar surface area (TPSA) is 35.5 Å². The van der Waals surface area contributed by atoms with Crippen LogP contribution >= 0.6 is 11.6 Å². The fourth-order valence-electron chi connectivity index (χ4n) is 1.96. The van der Waals surface area contributed by atoms with Crippen LogP contribution in [0.3, 0.4) is 0 Å². The molecule has 4 heteroatoms. The van der Waals surface area contributed by atoms with Crippen molar-refractivity contribution in [3.63, 3.8) is 0 Å². The SMILES string of the molecule is CNC(C)c1ccc(N(CCO)C(C)C)c(Cl)c1. The Balaban J connectivity index is 3.03. The Hall–Kier alpha value is -0.770. The zero-order valence-corrected chi connectivity index (χ0v) is 12.3. The number of nitrogens with zero attached hydrogens (tertiary/aromatic N) is 1. The summed E-state index contributed by atoms with van der Waals surface area (Å²) in [5, 5.41) is 13.0. The fourth-order valence-corrected chi connectivity index (χ4v) is 2.25. The third kappa shape index (κ3) is 3.61. The van der Waals surface area contributed by atoms with Crippen LogP contribution in [0.15, 0.2) is 18.2 Å². The summed E-state index contributed by atoms with van der Waals surface area (Å²) < 4.78 is 0. The van der Waals surface area contributed by atoms with Crippen molar-refractivity contribution in [1.82, 2.24) is 5.32 Å².